The van der Waals surface area contributed by atoms with E-state index in [0.717, 1.165) is 0 Å². The number of rotatable bonds is 9. The van der Waals surface area contributed by atoms with Crippen molar-refractivity contribution in [1.82, 2.24) is 0 Å². The minimum atomic E-state index is -4.82. The van der Waals surface area contributed by atoms with Crippen molar-refractivity contribution in [2.24, 2.45) is 52.3 Å². The van der Waals surface area contributed by atoms with Gasteiger partial charge < -0.3 is 54.9 Å². The van der Waals surface area contributed by atoms with E-state index < -0.39 is 106 Å². The number of aliphatic hydroxyl groups excluding tert-OH is 7. The molecule has 0 spiro atoms. The largest absolute Gasteiger partial charge is 1.00 e. The Balaban J connectivity index is 0.00000541. The van der Waals surface area contributed by atoms with Crippen LogP contribution in [0.4, 0.5) is 0 Å². The Labute approximate surface area is 311 Å². The average Bonchev–Trinajstić information content (AvgIpc) is 3.22. The fourth-order valence-corrected chi connectivity index (χ4v) is 11.0. The van der Waals surface area contributed by atoms with Gasteiger partial charge in [-0.15, -0.1) is 0 Å². The third kappa shape index (κ3) is 7.37. The Hall–Kier alpha value is 0.210. The summed E-state index contributed by atoms with van der Waals surface area (Å²) in [5, 5.41) is 89.6. The summed E-state index contributed by atoms with van der Waals surface area (Å²) in [4.78, 5) is 0. The first-order chi connectivity index (χ1) is 22.2. The Bertz CT molecular complexity index is 1290. The van der Waals surface area contributed by atoms with Crippen molar-refractivity contribution in [3.05, 3.63) is 12.2 Å². The zero-order chi connectivity index (χ0) is 35.7. The zero-order valence-electron chi connectivity index (χ0n) is 29.3. The quantitative estimate of drug-likeness (QED) is 0.0376. The number of hydrogen-bond donors (Lipinski definition) is 8. The Morgan fingerprint density at radius 1 is 0.898 bits per heavy atom. The molecule has 5 fully saturated rings. The van der Waals surface area contributed by atoms with Crippen LogP contribution in [0.2, 0.25) is 0 Å². The van der Waals surface area contributed by atoms with Gasteiger partial charge in [0.15, 0.2) is 6.29 Å². The van der Waals surface area contributed by atoms with E-state index in [1.54, 1.807) is 6.92 Å². The number of ether oxygens (including phenoxy) is 2. The van der Waals surface area contributed by atoms with Crippen molar-refractivity contribution in [1.29, 1.82) is 0 Å². The number of aliphatic hydroxyl groups is 8. The number of allylic oxidation sites excluding steroid dienone is 2. The van der Waals surface area contributed by atoms with Crippen LogP contribution >= 0.6 is 0 Å². The van der Waals surface area contributed by atoms with Crippen molar-refractivity contribution in [2.75, 3.05) is 13.2 Å². The summed E-state index contributed by atoms with van der Waals surface area (Å²) in [7, 11) is -4.82. The van der Waals surface area contributed by atoms with Crippen LogP contribution in [-0.4, -0.2) is 128 Å². The summed E-state index contributed by atoms with van der Waals surface area (Å²) in [6.45, 7) is 8.91. The summed E-state index contributed by atoms with van der Waals surface area (Å²) >= 11 is 0. The van der Waals surface area contributed by atoms with Crippen molar-refractivity contribution < 1.29 is 97.0 Å². The molecule has 0 bridgehead atoms. The van der Waals surface area contributed by atoms with Crippen molar-refractivity contribution in [3.63, 3.8) is 0 Å². The average molecular weight is 731 g/mol. The molecule has 19 atom stereocenters. The van der Waals surface area contributed by atoms with E-state index >= 15 is 0 Å². The minimum Gasteiger partial charge on any atom is -0.726 e. The number of hydrogen-bond acceptors (Lipinski definition) is 14. The van der Waals surface area contributed by atoms with Crippen LogP contribution in [0.1, 0.15) is 66.7 Å². The third-order valence-electron chi connectivity index (χ3n) is 13.4. The molecule has 8 N–H and O–H groups in total. The van der Waals surface area contributed by atoms with Crippen molar-refractivity contribution >= 4 is 10.4 Å². The molecule has 278 valence electrons. The van der Waals surface area contributed by atoms with Crippen LogP contribution in [0.15, 0.2) is 12.2 Å². The Morgan fingerprint density at radius 3 is 2.16 bits per heavy atom. The topological polar surface area (TPSA) is 247 Å². The summed E-state index contributed by atoms with van der Waals surface area (Å²) in [5.41, 5.74) is -3.42. The second-order valence-corrected chi connectivity index (χ2v) is 17.1. The number of fused-ring (bicyclic) bond motifs is 5. The van der Waals surface area contributed by atoms with E-state index in [1.807, 2.05) is 39.8 Å². The molecular formula is C33H55NaO14S. The normalized spacial score (nSPS) is 50.4. The van der Waals surface area contributed by atoms with Crippen LogP contribution in [0.25, 0.3) is 0 Å². The third-order valence-corrected chi connectivity index (χ3v) is 13.8. The molecule has 1 saturated heterocycles. The second-order valence-electron chi connectivity index (χ2n) is 16.1. The minimum absolute atomic E-state index is 0. The summed E-state index contributed by atoms with van der Waals surface area (Å²) in [5.74, 6) is -3.30. The predicted molar refractivity (Wildman–Crippen MR) is 167 cm³/mol. The summed E-state index contributed by atoms with van der Waals surface area (Å²) in [6.07, 6.45) is -5.45. The van der Waals surface area contributed by atoms with E-state index in [0.29, 0.717) is 25.7 Å². The molecule has 1 heterocycles. The predicted octanol–water partition coefficient (Wildman–Crippen LogP) is -3.59. The van der Waals surface area contributed by atoms with Crippen LogP contribution in [0.5, 0.6) is 0 Å². The molecule has 5 aliphatic rings. The van der Waals surface area contributed by atoms with Crippen LogP contribution in [0, 0.1) is 52.3 Å². The zero-order valence-corrected chi connectivity index (χ0v) is 32.1. The van der Waals surface area contributed by atoms with Crippen LogP contribution < -0.4 is 29.6 Å². The fourth-order valence-electron chi connectivity index (χ4n) is 10.6. The van der Waals surface area contributed by atoms with E-state index in [-0.39, 0.29) is 66.9 Å². The van der Waals surface area contributed by atoms with Gasteiger partial charge in [-0.25, -0.2) is 8.42 Å². The van der Waals surface area contributed by atoms with Gasteiger partial charge in [0.2, 0.25) is 10.4 Å². The maximum Gasteiger partial charge on any atom is 1.00 e. The molecular weight excluding hydrogens is 675 g/mol. The Morgan fingerprint density at radius 2 is 1.53 bits per heavy atom. The fraction of sp³-hybridized carbons (Fsp3) is 0.939. The van der Waals surface area contributed by atoms with E-state index in [9.17, 15) is 53.8 Å². The molecule has 0 radical (unpaired) electrons. The smallest absolute Gasteiger partial charge is 0.726 e. The first-order valence-corrected chi connectivity index (χ1v) is 18.6. The molecule has 4 saturated carbocycles. The standard InChI is InChI=1S/C33H56O14S.Na/c1-15(17(3)13-46-48(42,43)44)6-7-16(2)22-25(37)26(38)28-32(22,5)11-9-21-31(4)10-8-18(12-19(31)23(35)29(40)33(21,28)41)47-30-27(39)24(36)20(34)14-45-30;/h6-7,15-30,34-41H,8-14H2,1-5H3,(H,42,43,44);/q;+1/p-1/b7-6+;/t15?,16-,17?,18+,19?,20?,21?,22+,23-,24?,25-,26-,27?,28?,29-,30?,31+,32-,33+;/m1./s1. The molecule has 0 aromatic heterocycles. The molecule has 0 aromatic carbocycles. The first-order valence-electron chi connectivity index (χ1n) is 17.2. The monoisotopic (exact) mass is 730 g/mol. The van der Waals surface area contributed by atoms with Gasteiger partial charge in [0.25, 0.3) is 0 Å². The van der Waals surface area contributed by atoms with Gasteiger partial charge in [0, 0.05) is 5.92 Å². The van der Waals surface area contributed by atoms with Gasteiger partial charge in [-0.1, -0.05) is 46.8 Å². The van der Waals surface area contributed by atoms with Gasteiger partial charge in [0.05, 0.1) is 37.6 Å². The Kier molecular flexibility index (Phi) is 13.0. The van der Waals surface area contributed by atoms with E-state index in [2.05, 4.69) is 4.18 Å². The van der Waals surface area contributed by atoms with Crippen LogP contribution in [-0.2, 0) is 24.1 Å². The van der Waals surface area contributed by atoms with Gasteiger partial charge in [-0.3, -0.25) is 4.18 Å². The molecule has 0 amide bonds. The van der Waals surface area contributed by atoms with Gasteiger partial charge in [-0.2, -0.15) is 0 Å². The molecule has 14 nitrogen and oxygen atoms in total. The van der Waals surface area contributed by atoms with E-state index in [1.165, 1.54) is 0 Å². The molecule has 1 aliphatic heterocycles. The van der Waals surface area contributed by atoms with Gasteiger partial charge >= 0.3 is 29.6 Å². The van der Waals surface area contributed by atoms with E-state index in [4.69, 9.17) is 9.47 Å². The SMILES string of the molecule is CC(/C=C/[C@@H](C)[C@H]1[C@@H](O)[C@@H](O)C2[C@@]3(O)C(CC[C@@]21C)[C@@]1(C)CC[C@H](OC2OCC(O)C(O)C2O)CC1[C@@H](O)[C@H]3O)C(C)COS(=O)(=O)[O-].[Na+]. The maximum atomic E-state index is 12.7. The molecule has 9 unspecified atom stereocenters. The molecule has 49 heavy (non-hydrogen) atoms. The first kappa shape index (κ1) is 42.0. The molecule has 4 aliphatic carbocycles. The van der Waals surface area contributed by atoms with Gasteiger partial charge in [0.1, 0.15) is 30.0 Å². The maximum absolute atomic E-state index is 12.7. The van der Waals surface area contributed by atoms with Crippen molar-refractivity contribution in [2.45, 2.75) is 127 Å². The van der Waals surface area contributed by atoms with Gasteiger partial charge in [-0.05, 0) is 78.4 Å². The molecule has 16 heteroatoms. The summed E-state index contributed by atoms with van der Waals surface area (Å²) in [6, 6.07) is 0. The van der Waals surface area contributed by atoms with Crippen molar-refractivity contribution in [3.8, 4) is 0 Å². The second kappa shape index (κ2) is 15.2. The van der Waals surface area contributed by atoms with Crippen LogP contribution in [0.3, 0.4) is 0 Å². The molecule has 0 aromatic rings. The molecule has 5 rings (SSSR count). The summed E-state index contributed by atoms with van der Waals surface area (Å²) < 4.78 is 48.5.